The topological polar surface area (TPSA) is 44.8 Å². The molecule has 152 valence electrons. The summed E-state index contributed by atoms with van der Waals surface area (Å²) in [6.45, 7) is 4.74. The molecule has 0 radical (unpaired) electrons. The van der Waals surface area contributed by atoms with Crippen LogP contribution < -0.4 is 5.32 Å². The van der Waals surface area contributed by atoms with Crippen LogP contribution in [-0.4, -0.2) is 60.7 Å². The molecule has 6 heteroatoms. The molecule has 0 amide bonds. The number of benzene rings is 2. The van der Waals surface area contributed by atoms with Crippen molar-refractivity contribution < 1.29 is 9.53 Å². The molecule has 1 fully saturated rings. The van der Waals surface area contributed by atoms with Crippen molar-refractivity contribution in [2.75, 3.05) is 45.2 Å². The Morgan fingerprint density at radius 3 is 2.41 bits per heavy atom. The third-order valence-electron chi connectivity index (χ3n) is 4.91. The highest BCUT2D eigenvalue weighted by Crippen LogP contribution is 2.13. The van der Waals surface area contributed by atoms with Gasteiger partial charge in [-0.15, -0.1) is 0 Å². The van der Waals surface area contributed by atoms with Crippen LogP contribution in [0.3, 0.4) is 0 Å². The number of nitrogens with one attached hydrogen (secondary N) is 1. The van der Waals surface area contributed by atoms with E-state index >= 15 is 0 Å². The van der Waals surface area contributed by atoms with E-state index < -0.39 is 0 Å². The van der Waals surface area contributed by atoms with Crippen LogP contribution in [0, 0.1) is 0 Å². The number of rotatable bonds is 6. The number of hydrogen-bond donors (Lipinski definition) is 1. The molecule has 0 bridgehead atoms. The first-order chi connectivity index (χ1) is 14.1. The second-order valence-corrected chi connectivity index (χ2v) is 7.37. The van der Waals surface area contributed by atoms with Crippen LogP contribution in [0.5, 0.6) is 0 Å². The zero-order valence-electron chi connectivity index (χ0n) is 16.7. The highest BCUT2D eigenvalue weighted by atomic mass is 32.1. The number of hydrogen-bond acceptors (Lipinski definition) is 4. The Morgan fingerprint density at radius 1 is 1.07 bits per heavy atom. The van der Waals surface area contributed by atoms with Gasteiger partial charge < -0.3 is 15.0 Å². The van der Waals surface area contributed by atoms with Crippen LogP contribution in [0.15, 0.2) is 60.7 Å². The van der Waals surface area contributed by atoms with E-state index in [4.69, 9.17) is 17.0 Å². The average molecular weight is 410 g/mol. The number of nitrogens with zero attached hydrogens (tertiary/aromatic N) is 2. The number of esters is 1. The Morgan fingerprint density at radius 2 is 1.76 bits per heavy atom. The summed E-state index contributed by atoms with van der Waals surface area (Å²) in [7, 11) is 1.40. The summed E-state index contributed by atoms with van der Waals surface area (Å²) in [6, 6.07) is 18.1. The normalized spacial score (nSPS) is 14.7. The summed E-state index contributed by atoms with van der Waals surface area (Å²) < 4.78 is 4.69. The molecule has 1 aliphatic heterocycles. The maximum atomic E-state index is 11.3. The Bertz CT molecular complexity index is 829. The van der Waals surface area contributed by atoms with E-state index in [0.717, 1.165) is 49.1 Å². The van der Waals surface area contributed by atoms with Crippen molar-refractivity contribution in [1.29, 1.82) is 0 Å². The smallest absolute Gasteiger partial charge is 0.309 e. The minimum atomic E-state index is -0.238. The van der Waals surface area contributed by atoms with E-state index in [-0.39, 0.29) is 12.4 Å². The van der Waals surface area contributed by atoms with Gasteiger partial charge in [-0.2, -0.15) is 0 Å². The van der Waals surface area contributed by atoms with E-state index in [1.807, 2.05) is 30.3 Å². The maximum Gasteiger partial charge on any atom is 0.309 e. The molecule has 1 saturated heterocycles. The number of thiocarbonyl (C=S) groups is 1. The maximum absolute atomic E-state index is 11.3. The number of carbonyl (C=O) groups is 1. The third kappa shape index (κ3) is 6.69. The fourth-order valence-electron chi connectivity index (χ4n) is 3.18. The summed E-state index contributed by atoms with van der Waals surface area (Å²) in [5.41, 5.74) is 3.08. The molecule has 2 aromatic carbocycles. The van der Waals surface area contributed by atoms with Gasteiger partial charge in [-0.1, -0.05) is 54.6 Å². The summed E-state index contributed by atoms with van der Waals surface area (Å²) in [6.07, 6.45) is 4.67. The molecule has 0 atom stereocenters. The van der Waals surface area contributed by atoms with Gasteiger partial charge in [0, 0.05) is 38.4 Å². The Hall–Kier alpha value is -2.70. The Labute approximate surface area is 178 Å². The molecule has 0 spiro atoms. The second-order valence-electron chi connectivity index (χ2n) is 6.98. The zero-order chi connectivity index (χ0) is 20.5. The highest BCUT2D eigenvalue weighted by molar-refractivity contribution is 7.80. The Kier molecular flexibility index (Phi) is 7.78. The van der Waals surface area contributed by atoms with E-state index in [2.05, 4.69) is 51.5 Å². The molecular formula is C23H27N3O2S. The molecule has 2 aromatic rings. The van der Waals surface area contributed by atoms with Crippen molar-refractivity contribution in [3.63, 3.8) is 0 Å². The monoisotopic (exact) mass is 409 g/mol. The summed E-state index contributed by atoms with van der Waals surface area (Å²) in [5.74, 6) is -0.238. The van der Waals surface area contributed by atoms with Gasteiger partial charge in [-0.3, -0.25) is 9.69 Å². The largest absolute Gasteiger partial charge is 0.469 e. The van der Waals surface area contributed by atoms with Crippen molar-refractivity contribution in [3.8, 4) is 0 Å². The van der Waals surface area contributed by atoms with Gasteiger partial charge in [-0.25, -0.2) is 0 Å². The zero-order valence-corrected chi connectivity index (χ0v) is 17.5. The van der Waals surface area contributed by atoms with E-state index in [1.54, 1.807) is 0 Å². The van der Waals surface area contributed by atoms with E-state index in [0.29, 0.717) is 0 Å². The van der Waals surface area contributed by atoms with Gasteiger partial charge >= 0.3 is 5.97 Å². The van der Waals surface area contributed by atoms with Crippen molar-refractivity contribution in [3.05, 3.63) is 71.8 Å². The Balaban J connectivity index is 1.41. The molecule has 3 rings (SSSR count). The van der Waals surface area contributed by atoms with Crippen LogP contribution in [0.1, 0.15) is 11.1 Å². The average Bonchev–Trinajstić information content (AvgIpc) is 2.76. The predicted molar refractivity (Wildman–Crippen MR) is 122 cm³/mol. The number of piperazine rings is 1. The number of anilines is 1. The minimum absolute atomic E-state index is 0.238. The highest BCUT2D eigenvalue weighted by Gasteiger charge is 2.18. The van der Waals surface area contributed by atoms with Gasteiger partial charge in [-0.05, 0) is 35.5 Å². The lowest BCUT2D eigenvalue weighted by molar-refractivity contribution is -0.139. The molecule has 0 unspecified atom stereocenters. The van der Waals surface area contributed by atoms with E-state index in [9.17, 15) is 4.79 Å². The summed E-state index contributed by atoms with van der Waals surface area (Å²) in [5, 5.41) is 4.04. The fraction of sp³-hybridized carbons (Fsp3) is 0.304. The van der Waals surface area contributed by atoms with Crippen LogP contribution in [-0.2, 0) is 16.0 Å². The SMILES string of the molecule is COC(=O)Cc1ccc(NC(=S)N2CCN(CC=Cc3ccccc3)CC2)cc1. The van der Waals surface area contributed by atoms with Gasteiger partial charge in [0.2, 0.25) is 0 Å². The molecule has 0 saturated carbocycles. The molecule has 1 aliphatic rings. The van der Waals surface area contributed by atoms with Crippen molar-refractivity contribution >= 4 is 35.1 Å². The van der Waals surface area contributed by atoms with Gasteiger partial charge in [0.25, 0.3) is 0 Å². The van der Waals surface area contributed by atoms with Crippen molar-refractivity contribution in [2.24, 2.45) is 0 Å². The van der Waals surface area contributed by atoms with Gasteiger partial charge in [0.15, 0.2) is 5.11 Å². The third-order valence-corrected chi connectivity index (χ3v) is 5.27. The predicted octanol–water partition coefficient (Wildman–Crippen LogP) is 3.43. The molecule has 29 heavy (non-hydrogen) atoms. The fourth-order valence-corrected chi connectivity index (χ4v) is 3.48. The molecule has 5 nitrogen and oxygen atoms in total. The van der Waals surface area contributed by atoms with Gasteiger partial charge in [0.05, 0.1) is 13.5 Å². The second kappa shape index (κ2) is 10.7. The molecular weight excluding hydrogens is 382 g/mol. The van der Waals surface area contributed by atoms with Crippen LogP contribution >= 0.6 is 12.2 Å². The summed E-state index contributed by atoms with van der Waals surface area (Å²) >= 11 is 5.58. The first kappa shape index (κ1) is 21.0. The number of carbonyl (C=O) groups excluding carboxylic acids is 1. The quantitative estimate of drug-likeness (QED) is 0.583. The summed E-state index contributed by atoms with van der Waals surface area (Å²) in [4.78, 5) is 16.0. The van der Waals surface area contributed by atoms with Crippen molar-refractivity contribution in [2.45, 2.75) is 6.42 Å². The van der Waals surface area contributed by atoms with Gasteiger partial charge in [0.1, 0.15) is 0 Å². The lowest BCUT2D eigenvalue weighted by Crippen LogP contribution is -2.49. The van der Waals surface area contributed by atoms with Crippen LogP contribution in [0.2, 0.25) is 0 Å². The standard InChI is InChI=1S/C23H27N3O2S/c1-28-22(27)18-20-9-11-21(12-10-20)24-23(29)26-16-14-25(15-17-26)13-5-8-19-6-3-2-4-7-19/h2-12H,13-18H2,1H3,(H,24,29). The van der Waals surface area contributed by atoms with Crippen LogP contribution in [0.4, 0.5) is 5.69 Å². The van der Waals surface area contributed by atoms with Crippen molar-refractivity contribution in [1.82, 2.24) is 9.80 Å². The number of methoxy groups -OCH3 is 1. The first-order valence-corrected chi connectivity index (χ1v) is 10.2. The minimum Gasteiger partial charge on any atom is -0.469 e. The number of ether oxygens (including phenoxy) is 1. The molecule has 0 aromatic heterocycles. The lowest BCUT2D eigenvalue weighted by Gasteiger charge is -2.35. The van der Waals surface area contributed by atoms with Crippen LogP contribution in [0.25, 0.3) is 6.08 Å². The molecule has 0 aliphatic carbocycles. The first-order valence-electron chi connectivity index (χ1n) is 9.79. The van der Waals surface area contributed by atoms with E-state index in [1.165, 1.54) is 12.7 Å². The molecule has 1 N–H and O–H groups in total. The molecule has 1 heterocycles. The lowest BCUT2D eigenvalue weighted by atomic mass is 10.1.